The molecule has 8 bridgehead atoms. The van der Waals surface area contributed by atoms with E-state index in [1.165, 1.54) is 5.57 Å². The van der Waals surface area contributed by atoms with Crippen LogP contribution < -0.4 is 20.2 Å². The molecule has 0 radical (unpaired) electrons. The molecule has 8 heteroatoms. The third kappa shape index (κ3) is 5.22. The van der Waals surface area contributed by atoms with E-state index >= 15 is 0 Å². The van der Waals surface area contributed by atoms with Crippen LogP contribution in [0.1, 0.15) is 116 Å². The van der Waals surface area contributed by atoms with Gasteiger partial charge in [-0.2, -0.15) is 0 Å². The number of fused-ring (bicyclic) bond motifs is 8. The number of allylic oxidation sites excluding steroid dienone is 2. The van der Waals surface area contributed by atoms with Crippen LogP contribution in [-0.2, 0) is 11.2 Å². The number of carbonyl (C=O) groups is 1. The summed E-state index contributed by atoms with van der Waals surface area (Å²) in [6, 6.07) is 6.05. The van der Waals surface area contributed by atoms with Crippen molar-refractivity contribution < 1.29 is 15.0 Å². The Morgan fingerprint density at radius 1 is 1.09 bits per heavy atom. The van der Waals surface area contributed by atoms with Crippen LogP contribution in [0.3, 0.4) is 0 Å². The zero-order valence-electron chi connectivity index (χ0n) is 26.4. The number of aliphatic carboxylic acids is 1. The number of hydrogen-bond acceptors (Lipinski definition) is 5. The number of nitrogens with zero attached hydrogens (tertiary/aromatic N) is 4. The van der Waals surface area contributed by atoms with Crippen LogP contribution in [0.25, 0.3) is 51.1 Å². The van der Waals surface area contributed by atoms with Crippen molar-refractivity contribution in [2.24, 2.45) is 5.92 Å². The number of aryl methyl sites for hydroxylation is 2. The quantitative estimate of drug-likeness (QED) is 0.341. The first-order valence-corrected chi connectivity index (χ1v) is 15.1. The zero-order valence-corrected chi connectivity index (χ0v) is 27.8. The second-order valence-corrected chi connectivity index (χ2v) is 12.3. The van der Waals surface area contributed by atoms with Crippen LogP contribution in [0, 0.1) is 12.8 Å². The minimum atomic E-state index is -1.10. The van der Waals surface area contributed by atoms with Gasteiger partial charge < -0.3 is 25.0 Å². The van der Waals surface area contributed by atoms with Crippen LogP contribution in [0.15, 0.2) is 24.8 Å². The predicted molar refractivity (Wildman–Crippen MR) is 174 cm³/mol. The molecule has 0 spiro atoms. The van der Waals surface area contributed by atoms with Gasteiger partial charge in [-0.1, -0.05) is 75.8 Å². The first-order chi connectivity index (χ1) is 20.5. The van der Waals surface area contributed by atoms with Crippen LogP contribution in [0.4, 0.5) is 0 Å². The van der Waals surface area contributed by atoms with Gasteiger partial charge in [0.25, 0.3) is 0 Å². The molecule has 7 nitrogen and oxygen atoms in total. The minimum Gasteiger partial charge on any atom is -0.872 e. The molecule has 5 heterocycles. The topological polar surface area (TPSA) is 117 Å². The average molecular weight is 597 g/mol. The summed E-state index contributed by atoms with van der Waals surface area (Å²) in [4.78, 5) is 31.8. The maximum Gasteiger partial charge on any atom is 2.00 e. The molecular weight excluding hydrogens is 561 g/mol. The molecule has 0 N–H and O–H groups in total. The number of carboxylic acids is 1. The van der Waals surface area contributed by atoms with Crippen LogP contribution in [-0.4, -0.2) is 39.0 Å². The van der Waals surface area contributed by atoms with E-state index in [1.807, 2.05) is 38.1 Å². The summed E-state index contributed by atoms with van der Waals surface area (Å²) in [6.07, 6.45) is 5.22. The van der Waals surface area contributed by atoms with Gasteiger partial charge in [-0.25, -0.2) is 4.98 Å². The summed E-state index contributed by atoms with van der Waals surface area (Å²) in [6.45, 7) is 16.7. The normalized spacial score (nSPS) is 17.2. The van der Waals surface area contributed by atoms with Gasteiger partial charge in [-0.3, -0.25) is 4.98 Å². The molecule has 44 heavy (non-hydrogen) atoms. The Morgan fingerprint density at radius 3 is 2.48 bits per heavy atom. The minimum absolute atomic E-state index is 0. The third-order valence-corrected chi connectivity index (χ3v) is 9.16. The second kappa shape index (κ2) is 12.0. The molecule has 0 saturated carbocycles. The largest absolute Gasteiger partial charge is 2.00 e. The molecular formula is C36H36MgN4O3-2. The molecule has 0 unspecified atom stereocenters. The fourth-order valence-electron chi connectivity index (χ4n) is 6.83. The molecule has 3 aromatic heterocycles. The number of rotatable bonds is 7. The van der Waals surface area contributed by atoms with E-state index in [-0.39, 0.29) is 47.1 Å². The van der Waals surface area contributed by atoms with Crippen molar-refractivity contribution in [3.63, 3.8) is 0 Å². The summed E-state index contributed by atoms with van der Waals surface area (Å²) in [5, 5.41) is 25.0. The number of carboxylic acid groups (broad SMARTS) is 1. The van der Waals surface area contributed by atoms with Crippen molar-refractivity contribution in [1.29, 1.82) is 0 Å². The maximum atomic E-state index is 13.5. The van der Waals surface area contributed by atoms with Crippen LogP contribution in [0.5, 0.6) is 0 Å². The summed E-state index contributed by atoms with van der Waals surface area (Å²) in [5.41, 5.74) is 12.6. The molecule has 0 saturated heterocycles. The molecule has 3 aromatic rings. The fourth-order valence-corrected chi connectivity index (χ4v) is 6.83. The Bertz CT molecular complexity index is 1920. The first-order valence-electron chi connectivity index (χ1n) is 15.1. The molecule has 6 rings (SSSR count). The predicted octanol–water partition coefficient (Wildman–Crippen LogP) is 5.27. The van der Waals surface area contributed by atoms with Gasteiger partial charge in [0.1, 0.15) is 0 Å². The van der Waals surface area contributed by atoms with Gasteiger partial charge in [-0.05, 0) is 73.3 Å². The van der Waals surface area contributed by atoms with E-state index in [1.54, 1.807) is 6.08 Å². The monoisotopic (exact) mass is 596 g/mol. The smallest absolute Gasteiger partial charge is 0.872 e. The summed E-state index contributed by atoms with van der Waals surface area (Å²) < 4.78 is 0. The van der Waals surface area contributed by atoms with Gasteiger partial charge in [-0.15, -0.1) is 27.8 Å². The van der Waals surface area contributed by atoms with Gasteiger partial charge in [0.05, 0.1) is 17.1 Å². The van der Waals surface area contributed by atoms with Gasteiger partial charge >= 0.3 is 23.1 Å². The van der Waals surface area contributed by atoms with E-state index in [4.69, 9.17) is 19.9 Å². The average Bonchev–Trinajstić information content (AvgIpc) is 3.70. The molecule has 0 aromatic carbocycles. The molecule has 3 aliphatic rings. The fraction of sp³-hybridized carbons (Fsp3) is 0.361. The molecule has 222 valence electrons. The number of hydrogen-bond donors (Lipinski definition) is 0. The second-order valence-electron chi connectivity index (χ2n) is 12.3. The zero-order chi connectivity index (χ0) is 30.7. The Kier molecular flexibility index (Phi) is 8.71. The summed E-state index contributed by atoms with van der Waals surface area (Å²) in [5.74, 6) is -1.07. The third-order valence-electron chi connectivity index (χ3n) is 9.16. The Balaban J connectivity index is 0.00000384. The maximum absolute atomic E-state index is 13.5. The number of carbonyl (C=O) groups excluding carboxylic acids is 1. The Labute approximate surface area is 274 Å². The van der Waals surface area contributed by atoms with E-state index in [0.717, 1.165) is 62.3 Å². The van der Waals surface area contributed by atoms with Crippen LogP contribution >= 0.6 is 0 Å². The van der Waals surface area contributed by atoms with E-state index in [2.05, 4.69) is 34.3 Å². The van der Waals surface area contributed by atoms with Crippen molar-refractivity contribution in [1.82, 2.24) is 19.9 Å². The van der Waals surface area contributed by atoms with Crippen molar-refractivity contribution >= 4 is 80.1 Å². The SMILES string of the molecule is C=Cc1c(C)c2cc3nc(c4c5[n-]c(cc6nc(cc1[n-]2)C(C)=C6CC(C)C)c(CC)c5C([O-])=C4)[C@@H](CCC(=O)[O-])[C@@H]3C.[Mg+2]. The summed E-state index contributed by atoms with van der Waals surface area (Å²) >= 11 is 0. The van der Waals surface area contributed by atoms with Gasteiger partial charge in [0, 0.05) is 23.5 Å². The van der Waals surface area contributed by atoms with Crippen molar-refractivity contribution in [2.45, 2.75) is 79.1 Å². The van der Waals surface area contributed by atoms with E-state index in [0.29, 0.717) is 41.1 Å². The standard InChI is InChI=1S/C36H39N4O3.Mg/c1-8-21-18(5)26-14-28-19(6)23(10-11-33(42)43)35(39-28)25-13-32(41)34-22(9-2)30(40-36(25)34)16-31-24(12-17(3)4)20(7)27(38-31)15-29(21)37-26;/h8,13-17,19,23H,1,9-12H2,2-7H3,(H3-,37,38,39,40,41,42,43);/q-1;+2/p-3/t19-,23-;/m0./s1. The first kappa shape index (κ1) is 31.8. The van der Waals surface area contributed by atoms with Crippen molar-refractivity contribution in [2.75, 3.05) is 0 Å². The molecule has 1 aliphatic carbocycles. The molecule has 2 aliphatic heterocycles. The molecule has 0 amide bonds. The van der Waals surface area contributed by atoms with Gasteiger partial charge in [0.2, 0.25) is 0 Å². The number of aromatic nitrogens is 4. The Hall–Kier alpha value is -3.62. The van der Waals surface area contributed by atoms with E-state index < -0.39 is 5.97 Å². The molecule has 0 fully saturated rings. The summed E-state index contributed by atoms with van der Waals surface area (Å²) in [7, 11) is 0. The van der Waals surface area contributed by atoms with E-state index in [9.17, 15) is 15.0 Å². The van der Waals surface area contributed by atoms with Crippen molar-refractivity contribution in [3.8, 4) is 0 Å². The van der Waals surface area contributed by atoms with Crippen molar-refractivity contribution in [3.05, 3.63) is 75.4 Å². The van der Waals surface area contributed by atoms with Gasteiger partial charge in [0.15, 0.2) is 0 Å². The van der Waals surface area contributed by atoms with Crippen LogP contribution in [0.2, 0.25) is 0 Å². The Morgan fingerprint density at radius 2 is 1.82 bits per heavy atom. The molecule has 2 atom stereocenters.